The molecule has 0 spiro atoms. The van der Waals surface area contributed by atoms with Crippen LogP contribution in [0.1, 0.15) is 25.3 Å². The molecule has 2 aromatic rings. The number of carbonyl (C=O) groups is 1. The summed E-state index contributed by atoms with van der Waals surface area (Å²) in [7, 11) is 0. The maximum Gasteiger partial charge on any atom is 0.229 e. The predicted molar refractivity (Wildman–Crippen MR) is 98.9 cm³/mol. The second-order valence-electron chi connectivity index (χ2n) is 6.12. The van der Waals surface area contributed by atoms with Crippen molar-refractivity contribution < 1.29 is 13.6 Å². The van der Waals surface area contributed by atoms with E-state index in [9.17, 15) is 13.6 Å². The molecular formula is C19H18F2N2OS. The summed E-state index contributed by atoms with van der Waals surface area (Å²) in [6.07, 6.45) is 1.25. The predicted octanol–water partition coefficient (Wildman–Crippen LogP) is 5.43. The lowest BCUT2D eigenvalue weighted by molar-refractivity contribution is -0.124. The van der Waals surface area contributed by atoms with Crippen molar-refractivity contribution in [2.75, 3.05) is 5.32 Å². The van der Waals surface area contributed by atoms with Gasteiger partial charge in [0.2, 0.25) is 5.91 Å². The Morgan fingerprint density at radius 3 is 2.76 bits per heavy atom. The lowest BCUT2D eigenvalue weighted by Crippen LogP contribution is -2.35. The van der Waals surface area contributed by atoms with E-state index in [1.54, 1.807) is 25.1 Å². The molecule has 0 aliphatic heterocycles. The minimum Gasteiger partial charge on any atom is -0.302 e. The Labute approximate surface area is 148 Å². The van der Waals surface area contributed by atoms with E-state index in [2.05, 4.69) is 23.5 Å². The van der Waals surface area contributed by atoms with Gasteiger partial charge in [-0.2, -0.15) is 0 Å². The normalized spacial score (nSPS) is 20.6. The molecule has 1 aliphatic rings. The monoisotopic (exact) mass is 360 g/mol. The van der Waals surface area contributed by atoms with E-state index in [1.165, 1.54) is 11.3 Å². The van der Waals surface area contributed by atoms with Gasteiger partial charge in [-0.3, -0.25) is 4.79 Å². The number of rotatable bonds is 5. The lowest BCUT2D eigenvalue weighted by Gasteiger charge is -2.27. The van der Waals surface area contributed by atoms with E-state index in [0.29, 0.717) is 27.4 Å². The number of benzene rings is 1. The van der Waals surface area contributed by atoms with Crippen molar-refractivity contribution in [3.8, 4) is 0 Å². The molecule has 1 N–H and O–H groups in total. The Hall–Kier alpha value is -2.34. The summed E-state index contributed by atoms with van der Waals surface area (Å²) >= 11 is 1.30. The fraction of sp³-hybridized carbons (Fsp3) is 0.263. The topological polar surface area (TPSA) is 42.0 Å². The van der Waals surface area contributed by atoms with E-state index >= 15 is 0 Å². The van der Waals surface area contributed by atoms with Crippen molar-refractivity contribution in [2.45, 2.75) is 25.9 Å². The van der Waals surface area contributed by atoms with Gasteiger partial charge in [0.15, 0.2) is 5.13 Å². The van der Waals surface area contributed by atoms with Gasteiger partial charge < -0.3 is 5.32 Å². The lowest BCUT2D eigenvalue weighted by atomic mass is 9.83. The Bertz CT molecular complexity index is 894. The fourth-order valence-electron chi connectivity index (χ4n) is 2.80. The molecule has 1 aliphatic carbocycles. The number of halogens is 2. The SMILES string of the molecule is C=C/C(C)=C(\C(=C)F)c1ccc2nc(NC(=O)C3CC(F)C3)sc2c1. The van der Waals surface area contributed by atoms with Crippen LogP contribution < -0.4 is 5.32 Å². The van der Waals surface area contributed by atoms with Gasteiger partial charge in [-0.05, 0) is 43.0 Å². The van der Waals surface area contributed by atoms with Gasteiger partial charge in [-0.15, -0.1) is 0 Å². The summed E-state index contributed by atoms with van der Waals surface area (Å²) in [5.41, 5.74) is 2.48. The van der Waals surface area contributed by atoms with E-state index in [-0.39, 0.29) is 24.7 Å². The van der Waals surface area contributed by atoms with Gasteiger partial charge >= 0.3 is 0 Å². The summed E-state index contributed by atoms with van der Waals surface area (Å²) in [6, 6.07) is 5.36. The van der Waals surface area contributed by atoms with Crippen molar-refractivity contribution in [3.05, 3.63) is 54.4 Å². The molecule has 3 rings (SSSR count). The molecule has 25 heavy (non-hydrogen) atoms. The first-order valence-corrected chi connectivity index (χ1v) is 8.74. The highest BCUT2D eigenvalue weighted by atomic mass is 32.1. The van der Waals surface area contributed by atoms with E-state index < -0.39 is 12.0 Å². The maximum atomic E-state index is 13.8. The summed E-state index contributed by atoms with van der Waals surface area (Å²) in [5.74, 6) is -1.01. The first-order valence-electron chi connectivity index (χ1n) is 7.93. The molecule has 6 heteroatoms. The Morgan fingerprint density at radius 1 is 1.44 bits per heavy atom. The first kappa shape index (κ1) is 17.5. The molecule has 0 unspecified atom stereocenters. The smallest absolute Gasteiger partial charge is 0.229 e. The maximum absolute atomic E-state index is 13.8. The van der Waals surface area contributed by atoms with Crippen molar-refractivity contribution in [1.82, 2.24) is 4.98 Å². The first-order chi connectivity index (χ1) is 11.9. The van der Waals surface area contributed by atoms with Crippen molar-refractivity contribution in [1.29, 1.82) is 0 Å². The molecule has 0 radical (unpaired) electrons. The number of anilines is 1. The number of hydrogen-bond acceptors (Lipinski definition) is 3. The van der Waals surface area contributed by atoms with Crippen LogP contribution in [0.25, 0.3) is 15.8 Å². The van der Waals surface area contributed by atoms with Crippen LogP contribution in [0.5, 0.6) is 0 Å². The average molecular weight is 360 g/mol. The number of carbonyl (C=O) groups excluding carboxylic acids is 1. The van der Waals surface area contributed by atoms with Gasteiger partial charge in [-0.25, -0.2) is 13.8 Å². The third kappa shape index (κ3) is 3.54. The second-order valence-corrected chi connectivity index (χ2v) is 7.15. The van der Waals surface area contributed by atoms with Crippen LogP contribution in [0.4, 0.5) is 13.9 Å². The van der Waals surface area contributed by atoms with Gasteiger partial charge in [0, 0.05) is 11.5 Å². The number of nitrogens with zero attached hydrogens (tertiary/aromatic N) is 1. The third-order valence-electron chi connectivity index (χ3n) is 4.33. The zero-order valence-electron chi connectivity index (χ0n) is 13.8. The standard InChI is InChI=1S/C19H18F2N2OS/c1-4-10(2)17(11(3)20)12-5-6-15-16(9-12)25-19(22-15)23-18(24)13-7-14(21)8-13/h4-6,9,13-14H,1,3,7-8H2,2H3,(H,22,23,24)/b17-10+. The highest BCUT2D eigenvalue weighted by Crippen LogP contribution is 2.34. The van der Waals surface area contributed by atoms with Crippen LogP contribution in [0.15, 0.2) is 48.8 Å². The second kappa shape index (κ2) is 6.88. The van der Waals surface area contributed by atoms with E-state index in [4.69, 9.17) is 0 Å². The van der Waals surface area contributed by atoms with Crippen molar-refractivity contribution in [2.24, 2.45) is 5.92 Å². The van der Waals surface area contributed by atoms with Gasteiger partial charge in [0.1, 0.15) is 12.0 Å². The minimum absolute atomic E-state index is 0.201. The summed E-state index contributed by atoms with van der Waals surface area (Å²) < 4.78 is 27.5. The molecule has 130 valence electrons. The zero-order valence-corrected chi connectivity index (χ0v) is 14.6. The molecule has 1 saturated carbocycles. The average Bonchev–Trinajstić information content (AvgIpc) is 2.92. The molecule has 1 amide bonds. The number of fused-ring (bicyclic) bond motifs is 1. The highest BCUT2D eigenvalue weighted by Gasteiger charge is 2.34. The molecule has 1 fully saturated rings. The number of hydrogen-bond donors (Lipinski definition) is 1. The van der Waals surface area contributed by atoms with Crippen LogP contribution in [-0.2, 0) is 4.79 Å². The van der Waals surface area contributed by atoms with Gasteiger partial charge in [0.05, 0.1) is 10.2 Å². The van der Waals surface area contributed by atoms with Crippen LogP contribution in [0.2, 0.25) is 0 Å². The molecule has 3 nitrogen and oxygen atoms in total. The Morgan fingerprint density at radius 2 is 2.16 bits per heavy atom. The Balaban J connectivity index is 1.88. The van der Waals surface area contributed by atoms with Crippen molar-refractivity contribution >= 4 is 38.2 Å². The number of thiazole rings is 1. The Kier molecular flexibility index (Phi) is 4.81. The summed E-state index contributed by atoms with van der Waals surface area (Å²) in [5, 5.41) is 3.20. The number of nitrogens with one attached hydrogen (secondary N) is 1. The number of allylic oxidation sites excluding steroid dienone is 4. The highest BCUT2D eigenvalue weighted by molar-refractivity contribution is 7.22. The largest absolute Gasteiger partial charge is 0.302 e. The van der Waals surface area contributed by atoms with Crippen LogP contribution in [0.3, 0.4) is 0 Å². The van der Waals surface area contributed by atoms with Crippen molar-refractivity contribution in [3.63, 3.8) is 0 Å². The van der Waals surface area contributed by atoms with Crippen LogP contribution >= 0.6 is 11.3 Å². The number of aromatic nitrogens is 1. The van der Waals surface area contributed by atoms with Crippen LogP contribution in [-0.4, -0.2) is 17.1 Å². The molecule has 1 aromatic carbocycles. The summed E-state index contributed by atoms with van der Waals surface area (Å²) in [6.45, 7) is 8.84. The van der Waals surface area contributed by atoms with E-state index in [0.717, 1.165) is 4.70 Å². The minimum atomic E-state index is -0.874. The molecule has 1 heterocycles. The molecular weight excluding hydrogens is 342 g/mol. The number of amides is 1. The van der Waals surface area contributed by atoms with E-state index in [1.807, 2.05) is 6.07 Å². The number of alkyl halides is 1. The fourth-order valence-corrected chi connectivity index (χ4v) is 3.71. The molecule has 1 aromatic heterocycles. The molecule has 0 atom stereocenters. The quantitative estimate of drug-likeness (QED) is 0.723. The molecule has 0 saturated heterocycles. The van der Waals surface area contributed by atoms with Crippen LogP contribution in [0, 0.1) is 5.92 Å². The summed E-state index contributed by atoms with van der Waals surface area (Å²) in [4.78, 5) is 16.4. The van der Waals surface area contributed by atoms with Gasteiger partial charge in [0.25, 0.3) is 0 Å². The third-order valence-corrected chi connectivity index (χ3v) is 5.26. The van der Waals surface area contributed by atoms with Gasteiger partial charge in [-0.1, -0.05) is 36.6 Å². The molecule has 0 bridgehead atoms. The zero-order chi connectivity index (χ0) is 18.1.